The van der Waals surface area contributed by atoms with Crippen LogP contribution >= 0.6 is 0 Å². The zero-order chi connectivity index (χ0) is 35.1. The highest BCUT2D eigenvalue weighted by Crippen LogP contribution is 2.44. The number of hydrogen-bond donors (Lipinski definition) is 2. The van der Waals surface area contributed by atoms with Crippen molar-refractivity contribution < 1.29 is 67.0 Å². The Morgan fingerprint density at radius 1 is 0.729 bits per heavy atom. The minimum atomic E-state index is -1.72. The molecule has 0 unspecified atom stereocenters. The van der Waals surface area contributed by atoms with E-state index in [2.05, 4.69) is 5.32 Å². The minimum Gasteiger partial charge on any atom is -0.480 e. The van der Waals surface area contributed by atoms with Crippen molar-refractivity contribution >= 4 is 35.9 Å². The molecule has 1 saturated heterocycles. The second-order valence-corrected chi connectivity index (χ2v) is 11.2. The zero-order valence-electron chi connectivity index (χ0n) is 26.9. The van der Waals surface area contributed by atoms with Gasteiger partial charge in [0.25, 0.3) is 0 Å². The van der Waals surface area contributed by atoms with Gasteiger partial charge in [-0.2, -0.15) is 0 Å². The molecule has 1 aliphatic heterocycles. The molecule has 4 rings (SSSR count). The molecule has 1 fully saturated rings. The summed E-state index contributed by atoms with van der Waals surface area (Å²) in [6, 6.07) is 13.7. The van der Waals surface area contributed by atoms with Crippen LogP contribution in [0.2, 0.25) is 0 Å². The van der Waals surface area contributed by atoms with Crippen molar-refractivity contribution in [3.05, 3.63) is 59.7 Å². The second kappa shape index (κ2) is 15.7. The van der Waals surface area contributed by atoms with Gasteiger partial charge in [0.1, 0.15) is 19.3 Å². The molecule has 0 saturated carbocycles. The van der Waals surface area contributed by atoms with Crippen LogP contribution in [0.1, 0.15) is 51.7 Å². The number of benzene rings is 2. The molecule has 2 aliphatic rings. The third kappa shape index (κ3) is 8.66. The maximum absolute atomic E-state index is 13.0. The van der Waals surface area contributed by atoms with Crippen LogP contribution < -0.4 is 5.32 Å². The van der Waals surface area contributed by atoms with Gasteiger partial charge in [0.2, 0.25) is 0 Å². The number of carbonyl (C=O) groups excluding carboxylic acids is 5. The number of nitrogens with one attached hydrogen (secondary N) is 1. The molecule has 1 amide bonds. The van der Waals surface area contributed by atoms with Gasteiger partial charge in [-0.05, 0) is 29.2 Å². The van der Waals surface area contributed by atoms with Crippen molar-refractivity contribution in [2.24, 2.45) is 0 Å². The van der Waals surface area contributed by atoms with Crippen molar-refractivity contribution in [2.75, 3.05) is 13.2 Å². The molecule has 1 aliphatic carbocycles. The summed E-state index contributed by atoms with van der Waals surface area (Å²) in [5.41, 5.74) is 3.94. The maximum atomic E-state index is 13.0. The molecule has 258 valence electrons. The Balaban J connectivity index is 1.52. The monoisotopic (exact) mass is 671 g/mol. The summed E-state index contributed by atoms with van der Waals surface area (Å²) in [6.45, 7) is 5.02. The van der Waals surface area contributed by atoms with E-state index in [9.17, 15) is 33.9 Å². The number of carbonyl (C=O) groups is 6. The van der Waals surface area contributed by atoms with Gasteiger partial charge in [-0.1, -0.05) is 48.5 Å². The number of amides is 1. The van der Waals surface area contributed by atoms with E-state index >= 15 is 0 Å². The first-order chi connectivity index (χ1) is 22.8. The Hall–Kier alpha value is -5.02. The van der Waals surface area contributed by atoms with E-state index < -0.39 is 85.4 Å². The summed E-state index contributed by atoms with van der Waals surface area (Å²) in [4.78, 5) is 73.0. The average Bonchev–Trinajstić information content (AvgIpc) is 3.33. The first-order valence-electron chi connectivity index (χ1n) is 15.1. The van der Waals surface area contributed by atoms with Gasteiger partial charge in [0.05, 0.1) is 6.10 Å². The van der Waals surface area contributed by atoms with Crippen LogP contribution in [-0.2, 0) is 57.1 Å². The Morgan fingerprint density at radius 3 is 1.77 bits per heavy atom. The van der Waals surface area contributed by atoms with Gasteiger partial charge in [-0.3, -0.25) is 19.2 Å². The lowest BCUT2D eigenvalue weighted by molar-refractivity contribution is -0.316. The highest BCUT2D eigenvalue weighted by molar-refractivity contribution is 5.81. The molecule has 48 heavy (non-hydrogen) atoms. The predicted molar refractivity (Wildman–Crippen MR) is 162 cm³/mol. The number of ether oxygens (including phenoxy) is 7. The van der Waals surface area contributed by atoms with Crippen LogP contribution in [0.4, 0.5) is 4.79 Å². The van der Waals surface area contributed by atoms with E-state index in [1.54, 1.807) is 0 Å². The molecule has 0 spiro atoms. The Morgan fingerprint density at radius 2 is 1.25 bits per heavy atom. The van der Waals surface area contributed by atoms with E-state index in [-0.39, 0.29) is 12.5 Å². The summed E-state index contributed by atoms with van der Waals surface area (Å²) in [6.07, 6.45) is -9.95. The molecule has 15 nitrogen and oxygen atoms in total. The molecule has 0 radical (unpaired) electrons. The lowest BCUT2D eigenvalue weighted by Crippen LogP contribution is -2.64. The van der Waals surface area contributed by atoms with Crippen LogP contribution in [0.5, 0.6) is 0 Å². The molecule has 7 atom stereocenters. The fraction of sp³-hybridized carbons (Fsp3) is 0.455. The number of alkyl carbamates (subject to hydrolysis) is 1. The maximum Gasteiger partial charge on any atom is 0.407 e. The lowest BCUT2D eigenvalue weighted by atomic mass is 9.98. The minimum absolute atomic E-state index is 0.0822. The van der Waals surface area contributed by atoms with E-state index in [4.69, 9.17) is 33.2 Å². The van der Waals surface area contributed by atoms with Gasteiger partial charge >= 0.3 is 35.9 Å². The number of carboxylic acids is 1. The smallest absolute Gasteiger partial charge is 0.407 e. The molecule has 1 heterocycles. The summed E-state index contributed by atoms with van der Waals surface area (Å²) in [7, 11) is 0. The fourth-order valence-corrected chi connectivity index (χ4v) is 5.74. The van der Waals surface area contributed by atoms with Gasteiger partial charge in [-0.15, -0.1) is 0 Å². The first-order valence-corrected chi connectivity index (χ1v) is 15.1. The molecular formula is C33H37NO14. The van der Waals surface area contributed by atoms with E-state index in [0.29, 0.717) is 0 Å². The molecule has 0 bridgehead atoms. The molecule has 15 heteroatoms. The normalized spacial score (nSPS) is 22.6. The third-order valence-corrected chi connectivity index (χ3v) is 7.65. The largest absolute Gasteiger partial charge is 0.480 e. The summed E-state index contributed by atoms with van der Waals surface area (Å²) < 4.78 is 38.3. The number of hydrogen-bond acceptors (Lipinski definition) is 13. The van der Waals surface area contributed by atoms with Crippen LogP contribution in [0.15, 0.2) is 48.5 Å². The number of carboxylic acid groups (broad SMARTS) is 1. The van der Waals surface area contributed by atoms with Gasteiger partial charge in [-0.25, -0.2) is 9.59 Å². The lowest BCUT2D eigenvalue weighted by Gasteiger charge is -2.44. The number of esters is 4. The van der Waals surface area contributed by atoms with Crippen molar-refractivity contribution in [2.45, 2.75) is 83.4 Å². The van der Waals surface area contributed by atoms with E-state index in [1.807, 2.05) is 48.5 Å². The molecule has 2 N–H and O–H groups in total. The fourth-order valence-electron chi connectivity index (χ4n) is 5.74. The number of fused-ring (bicyclic) bond motifs is 3. The summed E-state index contributed by atoms with van der Waals surface area (Å²) >= 11 is 0. The van der Waals surface area contributed by atoms with Gasteiger partial charge in [0, 0.05) is 33.6 Å². The Labute approximate surface area is 275 Å². The summed E-state index contributed by atoms with van der Waals surface area (Å²) in [5, 5.41) is 12.3. The van der Waals surface area contributed by atoms with Gasteiger partial charge in [0.15, 0.2) is 30.6 Å². The third-order valence-electron chi connectivity index (χ3n) is 7.65. The van der Waals surface area contributed by atoms with E-state index in [1.165, 1.54) is 6.92 Å². The summed E-state index contributed by atoms with van der Waals surface area (Å²) in [5.74, 6) is -5.03. The van der Waals surface area contributed by atoms with Crippen molar-refractivity contribution in [1.29, 1.82) is 0 Å². The standard InChI is InChI=1S/C33H37NO14/c1-16(27(31(39)40)34-33(41)43-14-25-23-12-8-6-10-21(23)22-11-7-9-13-24(22)25)44-32-30(47-20(5)38)29(46-19(4)37)28(45-18(3)36)26(48-32)15-42-17(2)35/h6-13,16,25-30,32H,14-15H2,1-5H3,(H,34,41)(H,39,40)/t16-,26-,27-,28+,29-,30-,32-/m0/s1. The molecular weight excluding hydrogens is 634 g/mol. The zero-order valence-corrected chi connectivity index (χ0v) is 26.9. The SMILES string of the molecule is CC(=O)OC[C@@H]1O[C@H](O[C@@H](C)[C@H](NC(=O)OCC2c3ccccc3-c3ccccc32)C(=O)O)[C@@H](OC(C)=O)[C@@H](OC(C)=O)[C@@H]1OC(C)=O. The van der Waals surface area contributed by atoms with Crippen LogP contribution in [0, 0.1) is 0 Å². The van der Waals surface area contributed by atoms with E-state index in [0.717, 1.165) is 49.9 Å². The Kier molecular flexibility index (Phi) is 11.7. The quantitative estimate of drug-likeness (QED) is 0.246. The topological polar surface area (TPSA) is 199 Å². The van der Waals surface area contributed by atoms with Crippen LogP contribution in [0.3, 0.4) is 0 Å². The van der Waals surface area contributed by atoms with Gasteiger partial charge < -0.3 is 43.6 Å². The predicted octanol–water partition coefficient (Wildman–Crippen LogP) is 2.47. The van der Waals surface area contributed by atoms with Crippen molar-refractivity contribution in [3.8, 4) is 11.1 Å². The highest BCUT2D eigenvalue weighted by Gasteiger charge is 2.53. The van der Waals surface area contributed by atoms with Crippen molar-refractivity contribution in [1.82, 2.24) is 5.32 Å². The highest BCUT2D eigenvalue weighted by atomic mass is 16.7. The second-order valence-electron chi connectivity index (χ2n) is 11.2. The molecule has 2 aromatic rings. The van der Waals surface area contributed by atoms with Crippen LogP contribution in [0.25, 0.3) is 11.1 Å². The first kappa shape index (κ1) is 35.8. The van der Waals surface area contributed by atoms with Crippen LogP contribution in [-0.4, -0.2) is 97.1 Å². The number of aliphatic carboxylic acids is 1. The average molecular weight is 672 g/mol. The molecule has 2 aromatic carbocycles. The Bertz CT molecular complexity index is 1500. The molecule has 0 aromatic heterocycles. The number of rotatable bonds is 12. The van der Waals surface area contributed by atoms with Crippen molar-refractivity contribution in [3.63, 3.8) is 0 Å².